The Morgan fingerprint density at radius 2 is 1.87 bits per heavy atom. The van der Waals surface area contributed by atoms with Crippen LogP contribution in [-0.2, 0) is 4.74 Å². The summed E-state index contributed by atoms with van der Waals surface area (Å²) in [5.74, 6) is 0.823. The number of hydrogen-bond donors (Lipinski definition) is 1. The molecule has 1 N–H and O–H groups in total. The number of hydrogen-bond acceptors (Lipinski definition) is 2. The Hall–Kier alpha value is -0.0800. The van der Waals surface area contributed by atoms with Crippen molar-refractivity contribution in [1.29, 1.82) is 0 Å². The monoisotopic (exact) mass is 215 g/mol. The molecule has 0 heterocycles. The molecule has 0 aliphatic rings. The van der Waals surface area contributed by atoms with Gasteiger partial charge in [-0.1, -0.05) is 33.6 Å². The van der Waals surface area contributed by atoms with Crippen molar-refractivity contribution < 1.29 is 4.74 Å². The lowest BCUT2D eigenvalue weighted by molar-refractivity contribution is 0.119. The summed E-state index contributed by atoms with van der Waals surface area (Å²) in [5, 5.41) is 3.55. The average molecular weight is 215 g/mol. The molecule has 0 rings (SSSR count). The fourth-order valence-electron chi connectivity index (χ4n) is 1.63. The van der Waals surface area contributed by atoms with Crippen molar-refractivity contribution in [2.45, 2.75) is 59.4 Å². The fourth-order valence-corrected chi connectivity index (χ4v) is 1.63. The molecule has 0 aliphatic carbocycles. The van der Waals surface area contributed by atoms with Crippen molar-refractivity contribution in [3.8, 4) is 0 Å². The minimum absolute atomic E-state index is 0.559. The van der Waals surface area contributed by atoms with Gasteiger partial charge in [0.15, 0.2) is 0 Å². The highest BCUT2D eigenvalue weighted by Gasteiger charge is 2.07. The highest BCUT2D eigenvalue weighted by Crippen LogP contribution is 2.08. The summed E-state index contributed by atoms with van der Waals surface area (Å²) in [4.78, 5) is 0. The van der Waals surface area contributed by atoms with E-state index in [-0.39, 0.29) is 0 Å². The van der Waals surface area contributed by atoms with Gasteiger partial charge >= 0.3 is 0 Å². The number of nitrogens with one attached hydrogen (secondary N) is 1. The van der Waals surface area contributed by atoms with Crippen LogP contribution in [-0.4, -0.2) is 25.8 Å². The SMILES string of the molecule is CCCNC(CCCC(C)C)COCC. The van der Waals surface area contributed by atoms with Crippen LogP contribution in [0.2, 0.25) is 0 Å². The van der Waals surface area contributed by atoms with E-state index >= 15 is 0 Å². The Kier molecular flexibility index (Phi) is 10.4. The van der Waals surface area contributed by atoms with Gasteiger partial charge in [0.2, 0.25) is 0 Å². The first-order valence-corrected chi connectivity index (χ1v) is 6.51. The van der Waals surface area contributed by atoms with Crippen LogP contribution >= 0.6 is 0 Å². The van der Waals surface area contributed by atoms with Gasteiger partial charge in [0.05, 0.1) is 6.61 Å². The quantitative estimate of drug-likeness (QED) is 0.604. The molecule has 2 nitrogen and oxygen atoms in total. The molecule has 0 spiro atoms. The van der Waals surface area contributed by atoms with Gasteiger partial charge in [-0.25, -0.2) is 0 Å². The average Bonchev–Trinajstić information content (AvgIpc) is 2.20. The Morgan fingerprint density at radius 1 is 1.13 bits per heavy atom. The zero-order chi connectivity index (χ0) is 11.5. The van der Waals surface area contributed by atoms with Gasteiger partial charge in [-0.15, -0.1) is 0 Å². The van der Waals surface area contributed by atoms with E-state index in [1.807, 2.05) is 0 Å². The van der Waals surface area contributed by atoms with Crippen LogP contribution in [0, 0.1) is 5.92 Å². The van der Waals surface area contributed by atoms with Crippen LogP contribution in [0.4, 0.5) is 0 Å². The summed E-state index contributed by atoms with van der Waals surface area (Å²) in [7, 11) is 0. The van der Waals surface area contributed by atoms with Gasteiger partial charge in [0.1, 0.15) is 0 Å². The minimum atomic E-state index is 0.559. The summed E-state index contributed by atoms with van der Waals surface area (Å²) in [6.45, 7) is 11.7. The Labute approximate surface area is 95.8 Å². The largest absolute Gasteiger partial charge is 0.380 e. The lowest BCUT2D eigenvalue weighted by Crippen LogP contribution is -2.34. The molecule has 0 aromatic heterocycles. The normalized spacial score (nSPS) is 13.4. The van der Waals surface area contributed by atoms with E-state index in [4.69, 9.17) is 4.74 Å². The molecule has 0 aromatic rings. The zero-order valence-electron chi connectivity index (χ0n) is 11.0. The molecule has 0 saturated heterocycles. The van der Waals surface area contributed by atoms with Gasteiger partial charge in [0.25, 0.3) is 0 Å². The first kappa shape index (κ1) is 14.9. The summed E-state index contributed by atoms with van der Waals surface area (Å²) in [6, 6.07) is 0.559. The molecular formula is C13H29NO. The van der Waals surface area contributed by atoms with Gasteiger partial charge in [0, 0.05) is 12.6 Å². The van der Waals surface area contributed by atoms with E-state index in [0.717, 1.165) is 25.7 Å². The summed E-state index contributed by atoms with van der Waals surface area (Å²) in [5.41, 5.74) is 0. The van der Waals surface area contributed by atoms with Crippen LogP contribution in [0.3, 0.4) is 0 Å². The van der Waals surface area contributed by atoms with Crippen LogP contribution in [0.1, 0.15) is 53.4 Å². The maximum atomic E-state index is 5.49. The van der Waals surface area contributed by atoms with Crippen molar-refractivity contribution >= 4 is 0 Å². The molecule has 1 unspecified atom stereocenters. The molecule has 15 heavy (non-hydrogen) atoms. The van der Waals surface area contributed by atoms with E-state index in [2.05, 4.69) is 33.0 Å². The van der Waals surface area contributed by atoms with Crippen LogP contribution < -0.4 is 5.32 Å². The predicted octanol–water partition coefficient (Wildman–Crippen LogP) is 3.22. The minimum Gasteiger partial charge on any atom is -0.380 e. The Balaban J connectivity index is 3.58. The summed E-state index contributed by atoms with van der Waals surface area (Å²) in [6.07, 6.45) is 5.09. The lowest BCUT2D eigenvalue weighted by atomic mass is 10.0. The topological polar surface area (TPSA) is 21.3 Å². The number of rotatable bonds is 10. The highest BCUT2D eigenvalue weighted by molar-refractivity contribution is 4.66. The second-order valence-corrected chi connectivity index (χ2v) is 4.64. The van der Waals surface area contributed by atoms with E-state index in [1.165, 1.54) is 25.7 Å². The molecule has 0 amide bonds. The third-order valence-electron chi connectivity index (χ3n) is 2.54. The van der Waals surface area contributed by atoms with Crippen LogP contribution in [0.5, 0.6) is 0 Å². The van der Waals surface area contributed by atoms with Gasteiger partial charge < -0.3 is 10.1 Å². The molecule has 1 atom stereocenters. The molecule has 0 radical (unpaired) electrons. The van der Waals surface area contributed by atoms with Crippen LogP contribution in [0.15, 0.2) is 0 Å². The summed E-state index contributed by atoms with van der Waals surface area (Å²) >= 11 is 0. The molecule has 0 aliphatic heterocycles. The van der Waals surface area contributed by atoms with Crippen molar-refractivity contribution in [3.05, 3.63) is 0 Å². The first-order chi connectivity index (χ1) is 7.20. The van der Waals surface area contributed by atoms with E-state index in [9.17, 15) is 0 Å². The second-order valence-electron chi connectivity index (χ2n) is 4.64. The Morgan fingerprint density at radius 3 is 2.40 bits per heavy atom. The van der Waals surface area contributed by atoms with Crippen molar-refractivity contribution in [1.82, 2.24) is 5.32 Å². The fraction of sp³-hybridized carbons (Fsp3) is 1.00. The molecule has 0 saturated carbocycles. The van der Waals surface area contributed by atoms with Crippen molar-refractivity contribution in [3.63, 3.8) is 0 Å². The highest BCUT2D eigenvalue weighted by atomic mass is 16.5. The third-order valence-corrected chi connectivity index (χ3v) is 2.54. The van der Waals surface area contributed by atoms with E-state index in [1.54, 1.807) is 0 Å². The molecule has 2 heteroatoms. The summed E-state index contributed by atoms with van der Waals surface area (Å²) < 4.78 is 5.49. The maximum absolute atomic E-state index is 5.49. The smallest absolute Gasteiger partial charge is 0.0619 e. The van der Waals surface area contributed by atoms with Gasteiger partial charge in [-0.05, 0) is 32.2 Å². The van der Waals surface area contributed by atoms with Crippen LogP contribution in [0.25, 0.3) is 0 Å². The van der Waals surface area contributed by atoms with Crippen molar-refractivity contribution in [2.75, 3.05) is 19.8 Å². The number of ether oxygens (including phenoxy) is 1. The van der Waals surface area contributed by atoms with Crippen molar-refractivity contribution in [2.24, 2.45) is 5.92 Å². The first-order valence-electron chi connectivity index (χ1n) is 6.51. The standard InChI is InChI=1S/C13H29NO/c1-5-10-14-13(11-15-6-2)9-7-8-12(3)4/h12-14H,5-11H2,1-4H3. The van der Waals surface area contributed by atoms with Gasteiger partial charge in [-0.3, -0.25) is 0 Å². The maximum Gasteiger partial charge on any atom is 0.0619 e. The van der Waals surface area contributed by atoms with E-state index in [0.29, 0.717) is 6.04 Å². The second kappa shape index (κ2) is 10.4. The Bertz CT molecular complexity index is 118. The molecular weight excluding hydrogens is 186 g/mol. The molecule has 0 fully saturated rings. The molecule has 0 bridgehead atoms. The lowest BCUT2D eigenvalue weighted by Gasteiger charge is -2.18. The molecule has 0 aromatic carbocycles. The zero-order valence-corrected chi connectivity index (χ0v) is 11.0. The predicted molar refractivity (Wildman–Crippen MR) is 67.3 cm³/mol. The third kappa shape index (κ3) is 10.2. The van der Waals surface area contributed by atoms with E-state index < -0.39 is 0 Å². The molecule has 92 valence electrons. The van der Waals surface area contributed by atoms with Gasteiger partial charge in [-0.2, -0.15) is 0 Å².